The van der Waals surface area contributed by atoms with Crippen molar-refractivity contribution >= 4 is 90.9 Å². The van der Waals surface area contributed by atoms with Crippen molar-refractivity contribution in [2.45, 2.75) is 19.3 Å². The first kappa shape index (κ1) is 33.6. The van der Waals surface area contributed by atoms with E-state index in [0.29, 0.717) is 0 Å². The molecule has 0 saturated heterocycles. The Morgan fingerprint density at radius 2 is 1.05 bits per heavy atom. The van der Waals surface area contributed by atoms with Crippen LogP contribution in [0.4, 0.5) is 17.1 Å². The van der Waals surface area contributed by atoms with Crippen LogP contribution < -0.4 is 4.90 Å². The Morgan fingerprint density at radius 1 is 0.397 bits per heavy atom. The molecular weight excluding hydrogens is 739 g/mol. The molecule has 0 spiro atoms. The molecule has 2 aromatic heterocycles. The molecule has 1 nitrogen and oxygen atoms in total. The molecule has 1 aliphatic rings. The smallest absolute Gasteiger partial charge is 0.0640 e. The zero-order valence-electron chi connectivity index (χ0n) is 32.2. The van der Waals surface area contributed by atoms with Gasteiger partial charge in [0.15, 0.2) is 0 Å². The fraction of sp³-hybridized carbons (Fsp3) is 0.0545. The van der Waals surface area contributed by atoms with Crippen molar-refractivity contribution in [3.05, 3.63) is 199 Å². The molecule has 0 amide bonds. The molecular formula is C55H37NS2. The summed E-state index contributed by atoms with van der Waals surface area (Å²) in [5.74, 6) is 0. The number of thiophene rings is 2. The van der Waals surface area contributed by atoms with Crippen molar-refractivity contribution in [3.63, 3.8) is 0 Å². The van der Waals surface area contributed by atoms with E-state index in [2.05, 4.69) is 207 Å². The molecule has 3 heteroatoms. The van der Waals surface area contributed by atoms with Crippen LogP contribution in [0.2, 0.25) is 0 Å². The van der Waals surface area contributed by atoms with Crippen LogP contribution in [0.1, 0.15) is 25.0 Å². The van der Waals surface area contributed by atoms with Crippen molar-refractivity contribution in [3.8, 4) is 33.4 Å². The maximum absolute atomic E-state index is 2.47. The quantitative estimate of drug-likeness (QED) is 0.168. The van der Waals surface area contributed by atoms with Crippen LogP contribution in [0.15, 0.2) is 188 Å². The summed E-state index contributed by atoms with van der Waals surface area (Å²) < 4.78 is 5.27. The lowest BCUT2D eigenvalue weighted by Crippen LogP contribution is -2.16. The van der Waals surface area contributed by atoms with E-state index in [0.717, 1.165) is 11.4 Å². The summed E-state index contributed by atoms with van der Waals surface area (Å²) in [6.07, 6.45) is 0. The van der Waals surface area contributed by atoms with Gasteiger partial charge in [-0.05, 0) is 91.7 Å². The van der Waals surface area contributed by atoms with Crippen LogP contribution >= 0.6 is 22.7 Å². The van der Waals surface area contributed by atoms with E-state index in [9.17, 15) is 0 Å². The highest BCUT2D eigenvalue weighted by atomic mass is 32.1. The number of nitrogens with zero attached hydrogens (tertiary/aromatic N) is 1. The maximum atomic E-state index is 2.47. The summed E-state index contributed by atoms with van der Waals surface area (Å²) in [5, 5.41) is 7.84. The van der Waals surface area contributed by atoms with Gasteiger partial charge in [-0.15, -0.1) is 22.7 Å². The second kappa shape index (κ2) is 12.7. The summed E-state index contributed by atoms with van der Waals surface area (Å²) in [5.41, 5.74) is 13.9. The zero-order valence-corrected chi connectivity index (χ0v) is 33.8. The number of anilines is 3. The molecule has 0 saturated carbocycles. The van der Waals surface area contributed by atoms with Gasteiger partial charge in [-0.1, -0.05) is 166 Å². The Kier molecular flexibility index (Phi) is 7.38. The number of rotatable bonds is 5. The van der Waals surface area contributed by atoms with E-state index in [-0.39, 0.29) is 5.41 Å². The Labute approximate surface area is 345 Å². The van der Waals surface area contributed by atoms with Gasteiger partial charge in [0.05, 0.1) is 10.4 Å². The predicted octanol–water partition coefficient (Wildman–Crippen LogP) is 16.7. The fourth-order valence-electron chi connectivity index (χ4n) is 9.78. The minimum atomic E-state index is -0.0884. The van der Waals surface area contributed by atoms with Gasteiger partial charge in [0.1, 0.15) is 0 Å². The lowest BCUT2D eigenvalue weighted by Gasteiger charge is -2.27. The van der Waals surface area contributed by atoms with E-state index < -0.39 is 0 Å². The molecule has 0 fully saturated rings. The van der Waals surface area contributed by atoms with E-state index in [1.54, 1.807) is 0 Å². The topological polar surface area (TPSA) is 3.24 Å². The average Bonchev–Trinajstić information content (AvgIpc) is 3.93. The van der Waals surface area contributed by atoms with Gasteiger partial charge >= 0.3 is 0 Å². The fourth-order valence-corrected chi connectivity index (χ4v) is 12.4. The van der Waals surface area contributed by atoms with Crippen LogP contribution in [0.25, 0.3) is 84.5 Å². The first-order chi connectivity index (χ1) is 28.5. The molecule has 0 unspecified atom stereocenters. The van der Waals surface area contributed by atoms with Gasteiger partial charge in [-0.2, -0.15) is 0 Å². The average molecular weight is 776 g/mol. The Hall–Kier alpha value is -6.52. The van der Waals surface area contributed by atoms with Gasteiger partial charge < -0.3 is 4.90 Å². The van der Waals surface area contributed by atoms with Gasteiger partial charge in [0.25, 0.3) is 0 Å². The highest BCUT2D eigenvalue weighted by Gasteiger charge is 2.37. The van der Waals surface area contributed by atoms with E-state index in [1.807, 2.05) is 22.7 Å². The third-order valence-electron chi connectivity index (χ3n) is 12.4. The van der Waals surface area contributed by atoms with Crippen LogP contribution in [-0.2, 0) is 5.41 Å². The minimum Gasteiger partial charge on any atom is -0.309 e. The summed E-state index contributed by atoms with van der Waals surface area (Å²) in [7, 11) is 0. The van der Waals surface area contributed by atoms with Gasteiger partial charge in [-0.3, -0.25) is 0 Å². The molecule has 0 bridgehead atoms. The zero-order chi connectivity index (χ0) is 38.5. The van der Waals surface area contributed by atoms with Crippen molar-refractivity contribution in [1.29, 1.82) is 0 Å². The summed E-state index contributed by atoms with van der Waals surface area (Å²) in [4.78, 5) is 2.47. The Morgan fingerprint density at radius 3 is 1.95 bits per heavy atom. The predicted molar refractivity (Wildman–Crippen MR) is 253 cm³/mol. The highest BCUT2D eigenvalue weighted by molar-refractivity contribution is 7.27. The van der Waals surface area contributed by atoms with Crippen molar-refractivity contribution in [2.75, 3.05) is 4.90 Å². The lowest BCUT2D eigenvalue weighted by molar-refractivity contribution is 0.662. The SMILES string of the molecule is CC1(C)c2ccccc2-c2cccc(-c3ccc(N(c4cccc(-c5cccc6c5sc5c7ccccc7ccc65)c4)c4cccc5c4sc4ccccc45)cc3)c21. The Balaban J connectivity index is 1.03. The maximum Gasteiger partial charge on any atom is 0.0640 e. The summed E-state index contributed by atoms with van der Waals surface area (Å²) in [6, 6.07) is 69.9. The largest absolute Gasteiger partial charge is 0.309 e. The second-order valence-corrected chi connectivity index (χ2v) is 18.1. The molecule has 9 aromatic carbocycles. The normalized spacial score (nSPS) is 13.1. The van der Waals surface area contributed by atoms with Crippen molar-refractivity contribution in [1.82, 2.24) is 0 Å². The van der Waals surface area contributed by atoms with Crippen molar-refractivity contribution < 1.29 is 0 Å². The number of fused-ring (bicyclic) bond motifs is 11. The Bertz CT molecular complexity index is 3440. The molecule has 0 atom stereocenters. The monoisotopic (exact) mass is 775 g/mol. The van der Waals surface area contributed by atoms with Gasteiger partial charge in [-0.25, -0.2) is 0 Å². The van der Waals surface area contributed by atoms with E-state index >= 15 is 0 Å². The summed E-state index contributed by atoms with van der Waals surface area (Å²) >= 11 is 3.79. The summed E-state index contributed by atoms with van der Waals surface area (Å²) in [6.45, 7) is 4.74. The molecule has 11 aromatic rings. The van der Waals surface area contributed by atoms with Crippen LogP contribution in [0.5, 0.6) is 0 Å². The highest BCUT2D eigenvalue weighted by Crippen LogP contribution is 2.53. The first-order valence-corrected chi connectivity index (χ1v) is 21.6. The first-order valence-electron chi connectivity index (χ1n) is 20.0. The van der Waals surface area contributed by atoms with Gasteiger partial charge in [0, 0.05) is 52.4 Å². The minimum absolute atomic E-state index is 0.0884. The van der Waals surface area contributed by atoms with Crippen LogP contribution in [0.3, 0.4) is 0 Å². The molecule has 1 aliphatic carbocycles. The molecule has 2 heterocycles. The molecule has 274 valence electrons. The number of hydrogen-bond acceptors (Lipinski definition) is 3. The second-order valence-electron chi connectivity index (χ2n) is 16.0. The molecule has 0 N–H and O–H groups in total. The van der Waals surface area contributed by atoms with Gasteiger partial charge in [0.2, 0.25) is 0 Å². The molecule has 12 rings (SSSR count). The third-order valence-corrected chi connectivity index (χ3v) is 14.9. The third kappa shape index (κ3) is 4.94. The van der Waals surface area contributed by atoms with Crippen molar-refractivity contribution in [2.24, 2.45) is 0 Å². The van der Waals surface area contributed by atoms with Crippen LogP contribution in [-0.4, -0.2) is 0 Å². The number of hydrogen-bond donors (Lipinski definition) is 0. The van der Waals surface area contributed by atoms with Crippen LogP contribution in [0, 0.1) is 0 Å². The molecule has 58 heavy (non-hydrogen) atoms. The standard InChI is InChI=1S/C55H37NS2/c1-55(2)48-24-7-5-17-42(48)44-21-10-19-39(51(44)55)35-27-30-37(31-28-35)56(49-25-12-23-45-43-18-6-8-26-50(43)57-54(45)49)38-15-9-14-36(33-38)41-20-11-22-46-47-32-29-34-13-3-4-16-40(34)52(47)58-53(41)46/h3-33H,1-2H3. The molecule has 0 aliphatic heterocycles. The molecule has 0 radical (unpaired) electrons. The van der Waals surface area contributed by atoms with E-state index in [1.165, 1.54) is 101 Å². The van der Waals surface area contributed by atoms with E-state index in [4.69, 9.17) is 0 Å². The lowest BCUT2D eigenvalue weighted by atomic mass is 9.79. The number of benzene rings is 9.